The summed E-state index contributed by atoms with van der Waals surface area (Å²) in [6.45, 7) is 4.97. The Bertz CT molecular complexity index is 639. The Hall–Kier alpha value is -1.64. The van der Waals surface area contributed by atoms with E-state index in [1.165, 1.54) is 19.1 Å². The van der Waals surface area contributed by atoms with E-state index in [1.54, 1.807) is 12.1 Å². The lowest BCUT2D eigenvalue weighted by atomic mass is 10.2. The fourth-order valence-corrected chi connectivity index (χ4v) is 3.61. The van der Waals surface area contributed by atoms with Crippen LogP contribution in [0.3, 0.4) is 0 Å². The van der Waals surface area contributed by atoms with Crippen LogP contribution < -0.4 is 14.8 Å². The van der Waals surface area contributed by atoms with Gasteiger partial charge in [-0.15, -0.1) is 0 Å². The number of carbonyl (C=O) groups excluding carboxylic acids is 1. The molecule has 0 aromatic heterocycles. The second-order valence-corrected chi connectivity index (χ2v) is 7.34. The van der Waals surface area contributed by atoms with E-state index in [2.05, 4.69) is 10.0 Å². The summed E-state index contributed by atoms with van der Waals surface area (Å²) in [4.78, 5) is 12.1. The van der Waals surface area contributed by atoms with E-state index in [4.69, 9.17) is 9.47 Å². The maximum Gasteiger partial charge on any atom is 0.241 e. The van der Waals surface area contributed by atoms with E-state index < -0.39 is 16.1 Å². The molecule has 1 aliphatic heterocycles. The second kappa shape index (κ2) is 8.46. The highest BCUT2D eigenvalue weighted by Gasteiger charge is 2.23. The van der Waals surface area contributed by atoms with Gasteiger partial charge in [0.05, 0.1) is 23.6 Å². The Labute approximate surface area is 142 Å². The van der Waals surface area contributed by atoms with Crippen molar-refractivity contribution in [2.45, 2.75) is 43.7 Å². The third kappa shape index (κ3) is 5.19. The molecule has 24 heavy (non-hydrogen) atoms. The number of carbonyl (C=O) groups is 1. The summed E-state index contributed by atoms with van der Waals surface area (Å²) in [6.07, 6.45) is 1.91. The fourth-order valence-electron chi connectivity index (χ4n) is 2.41. The number of ether oxygens (including phenoxy) is 2. The highest BCUT2D eigenvalue weighted by atomic mass is 32.2. The van der Waals surface area contributed by atoms with Crippen molar-refractivity contribution in [1.29, 1.82) is 0 Å². The number of rotatable bonds is 8. The van der Waals surface area contributed by atoms with Gasteiger partial charge in [0.15, 0.2) is 0 Å². The maximum atomic E-state index is 12.3. The molecule has 0 saturated carbocycles. The number of amides is 1. The van der Waals surface area contributed by atoms with Crippen molar-refractivity contribution in [1.82, 2.24) is 10.0 Å². The zero-order valence-corrected chi connectivity index (χ0v) is 14.8. The molecule has 2 N–H and O–H groups in total. The van der Waals surface area contributed by atoms with Crippen molar-refractivity contribution in [3.05, 3.63) is 24.3 Å². The van der Waals surface area contributed by atoms with E-state index in [-0.39, 0.29) is 16.9 Å². The lowest BCUT2D eigenvalue weighted by Gasteiger charge is -2.16. The van der Waals surface area contributed by atoms with Gasteiger partial charge < -0.3 is 14.8 Å². The van der Waals surface area contributed by atoms with Gasteiger partial charge in [-0.25, -0.2) is 8.42 Å². The van der Waals surface area contributed by atoms with Crippen LogP contribution in [0.4, 0.5) is 0 Å². The molecule has 0 radical (unpaired) electrons. The molecular formula is C16H24N2O5S. The van der Waals surface area contributed by atoms with Gasteiger partial charge >= 0.3 is 0 Å². The first-order chi connectivity index (χ1) is 11.4. The van der Waals surface area contributed by atoms with Crippen LogP contribution in [-0.2, 0) is 19.6 Å². The molecule has 0 aliphatic carbocycles. The molecule has 1 aliphatic rings. The minimum absolute atomic E-state index is 0.0175. The summed E-state index contributed by atoms with van der Waals surface area (Å²) >= 11 is 0. The first-order valence-corrected chi connectivity index (χ1v) is 9.55. The molecule has 1 saturated heterocycles. The fraction of sp³-hybridized carbons (Fsp3) is 0.562. The van der Waals surface area contributed by atoms with Gasteiger partial charge in [0, 0.05) is 13.2 Å². The van der Waals surface area contributed by atoms with Crippen molar-refractivity contribution in [2.24, 2.45) is 0 Å². The van der Waals surface area contributed by atoms with Gasteiger partial charge in [-0.2, -0.15) is 4.72 Å². The second-order valence-electron chi connectivity index (χ2n) is 5.63. The van der Waals surface area contributed by atoms with Crippen molar-refractivity contribution in [3.8, 4) is 5.75 Å². The minimum atomic E-state index is -3.77. The third-order valence-corrected chi connectivity index (χ3v) is 5.25. The third-order valence-electron chi connectivity index (χ3n) is 3.70. The Kier molecular flexibility index (Phi) is 6.59. The average molecular weight is 356 g/mol. The first-order valence-electron chi connectivity index (χ1n) is 8.07. The summed E-state index contributed by atoms with van der Waals surface area (Å²) in [7, 11) is -3.77. The van der Waals surface area contributed by atoms with Crippen LogP contribution in [0.25, 0.3) is 0 Å². The van der Waals surface area contributed by atoms with Crippen molar-refractivity contribution in [2.75, 3.05) is 19.8 Å². The average Bonchev–Trinajstić information content (AvgIpc) is 3.06. The number of hydrogen-bond acceptors (Lipinski definition) is 5. The SMILES string of the molecule is CCOc1ccc(S(=O)(=O)N[C@@H](C)C(=O)NC[C@@H]2CCCO2)cc1. The van der Waals surface area contributed by atoms with Crippen molar-refractivity contribution in [3.63, 3.8) is 0 Å². The smallest absolute Gasteiger partial charge is 0.241 e. The summed E-state index contributed by atoms with van der Waals surface area (Å²) in [5.41, 5.74) is 0. The molecule has 0 unspecified atom stereocenters. The van der Waals surface area contributed by atoms with Crippen molar-refractivity contribution < 1.29 is 22.7 Å². The van der Waals surface area contributed by atoms with Crippen LogP contribution in [0.1, 0.15) is 26.7 Å². The molecule has 8 heteroatoms. The van der Waals surface area contributed by atoms with Gasteiger partial charge in [0.25, 0.3) is 0 Å². The highest BCUT2D eigenvalue weighted by molar-refractivity contribution is 7.89. The van der Waals surface area contributed by atoms with Crippen LogP contribution in [0.5, 0.6) is 5.75 Å². The summed E-state index contributed by atoms with van der Waals surface area (Å²) in [6, 6.07) is 5.19. The number of sulfonamides is 1. The molecule has 1 amide bonds. The molecule has 7 nitrogen and oxygen atoms in total. The van der Waals surface area contributed by atoms with E-state index in [0.717, 1.165) is 12.8 Å². The molecular weight excluding hydrogens is 332 g/mol. The van der Waals surface area contributed by atoms with E-state index in [9.17, 15) is 13.2 Å². The lowest BCUT2D eigenvalue weighted by molar-refractivity contribution is -0.122. The Morgan fingerprint density at radius 3 is 2.67 bits per heavy atom. The quantitative estimate of drug-likeness (QED) is 0.726. The zero-order chi connectivity index (χ0) is 17.6. The van der Waals surface area contributed by atoms with E-state index >= 15 is 0 Å². The molecule has 0 spiro atoms. The van der Waals surface area contributed by atoms with Gasteiger partial charge in [-0.1, -0.05) is 0 Å². The molecule has 2 rings (SSSR count). The van der Waals surface area contributed by atoms with Crippen molar-refractivity contribution >= 4 is 15.9 Å². The lowest BCUT2D eigenvalue weighted by Crippen LogP contribution is -2.46. The predicted octanol–water partition coefficient (Wildman–Crippen LogP) is 1.05. The van der Waals surface area contributed by atoms with Crippen LogP contribution >= 0.6 is 0 Å². The molecule has 2 atom stereocenters. The zero-order valence-electron chi connectivity index (χ0n) is 13.9. The molecule has 1 fully saturated rings. The Balaban J connectivity index is 1.90. The minimum Gasteiger partial charge on any atom is -0.494 e. The molecule has 134 valence electrons. The van der Waals surface area contributed by atoms with E-state index in [0.29, 0.717) is 25.5 Å². The number of hydrogen-bond donors (Lipinski definition) is 2. The summed E-state index contributed by atoms with van der Waals surface area (Å²) < 4.78 is 37.7. The van der Waals surface area contributed by atoms with Gasteiger partial charge in [-0.05, 0) is 51.0 Å². The predicted molar refractivity (Wildman–Crippen MR) is 89.4 cm³/mol. The van der Waals surface area contributed by atoms with Crippen LogP contribution in [-0.4, -0.2) is 46.2 Å². The van der Waals surface area contributed by atoms with Crippen LogP contribution in [0.2, 0.25) is 0 Å². The monoisotopic (exact) mass is 356 g/mol. The van der Waals surface area contributed by atoms with E-state index in [1.807, 2.05) is 6.92 Å². The molecule has 1 aromatic carbocycles. The summed E-state index contributed by atoms with van der Waals surface area (Å²) in [5.74, 6) is 0.221. The van der Waals surface area contributed by atoms with Gasteiger partial charge in [0.1, 0.15) is 5.75 Å². The highest BCUT2D eigenvalue weighted by Crippen LogP contribution is 2.16. The molecule has 1 aromatic rings. The largest absolute Gasteiger partial charge is 0.494 e. The normalized spacial score (nSPS) is 19.0. The standard InChI is InChI=1S/C16H24N2O5S/c1-3-22-13-6-8-15(9-7-13)24(20,21)18-12(2)16(19)17-11-14-5-4-10-23-14/h6-9,12,14,18H,3-5,10-11H2,1-2H3,(H,17,19)/t12-,14-/m0/s1. The van der Waals surface area contributed by atoms with Crippen LogP contribution in [0, 0.1) is 0 Å². The first kappa shape index (κ1) is 18.7. The van der Waals surface area contributed by atoms with Crippen LogP contribution in [0.15, 0.2) is 29.2 Å². The Morgan fingerprint density at radius 2 is 2.08 bits per heavy atom. The topological polar surface area (TPSA) is 93.7 Å². The molecule has 1 heterocycles. The molecule has 0 bridgehead atoms. The Morgan fingerprint density at radius 1 is 1.38 bits per heavy atom. The summed E-state index contributed by atoms with van der Waals surface area (Å²) in [5, 5.41) is 2.71. The van der Waals surface area contributed by atoms with Gasteiger partial charge in [0.2, 0.25) is 15.9 Å². The maximum absolute atomic E-state index is 12.3. The number of benzene rings is 1. The van der Waals surface area contributed by atoms with Gasteiger partial charge in [-0.3, -0.25) is 4.79 Å². The number of nitrogens with one attached hydrogen (secondary N) is 2.